The van der Waals surface area contributed by atoms with Gasteiger partial charge in [0.2, 0.25) is 0 Å². The highest BCUT2D eigenvalue weighted by atomic mass is 35.5. The number of carbonyl (C=O) groups is 1. The molecular weight excluding hydrogens is 214 g/mol. The average Bonchev–Trinajstić information content (AvgIpc) is 2.41. The lowest BCUT2D eigenvalue weighted by molar-refractivity contribution is 0.0930. The summed E-state index contributed by atoms with van der Waals surface area (Å²) >= 11 is 5.99. The molecule has 0 saturated heterocycles. The fraction of sp³-hybridized carbons (Fsp3) is 0.600. The Labute approximate surface area is 94.6 Å². The van der Waals surface area contributed by atoms with Crippen molar-refractivity contribution in [3.05, 3.63) is 16.4 Å². The molecule has 5 heteroatoms. The van der Waals surface area contributed by atoms with Crippen LogP contribution in [0.2, 0.25) is 5.02 Å². The van der Waals surface area contributed by atoms with Gasteiger partial charge in [0, 0.05) is 13.1 Å². The van der Waals surface area contributed by atoms with Gasteiger partial charge < -0.3 is 5.32 Å². The molecule has 0 spiro atoms. The molecule has 1 amide bonds. The van der Waals surface area contributed by atoms with Gasteiger partial charge in [0.15, 0.2) is 0 Å². The lowest BCUT2D eigenvalue weighted by Gasteiger charge is -2.11. The molecule has 0 bridgehead atoms. The number of rotatable bonds is 3. The molecule has 1 rings (SSSR count). The number of nitrogens with zero attached hydrogens (tertiary/aromatic N) is 2. The average molecular weight is 230 g/mol. The Morgan fingerprint density at radius 3 is 2.67 bits per heavy atom. The van der Waals surface area contributed by atoms with Gasteiger partial charge in [-0.15, -0.1) is 0 Å². The zero-order valence-electron chi connectivity index (χ0n) is 9.47. The molecule has 1 atom stereocenters. The summed E-state index contributed by atoms with van der Waals surface area (Å²) < 4.78 is 1.51. The molecule has 84 valence electrons. The van der Waals surface area contributed by atoms with Crippen molar-refractivity contribution < 1.29 is 4.79 Å². The third-order valence-corrected chi connectivity index (χ3v) is 2.81. The van der Waals surface area contributed by atoms with Crippen molar-refractivity contribution >= 4 is 17.5 Å². The topological polar surface area (TPSA) is 46.9 Å². The molecule has 1 unspecified atom stereocenters. The van der Waals surface area contributed by atoms with Crippen LogP contribution in [-0.4, -0.2) is 21.7 Å². The molecule has 1 aromatic rings. The minimum absolute atomic E-state index is 0.142. The fourth-order valence-corrected chi connectivity index (χ4v) is 1.52. The van der Waals surface area contributed by atoms with Crippen molar-refractivity contribution in [2.24, 2.45) is 7.05 Å². The molecule has 0 saturated carbocycles. The van der Waals surface area contributed by atoms with E-state index in [1.807, 2.05) is 13.8 Å². The first-order valence-corrected chi connectivity index (χ1v) is 5.35. The van der Waals surface area contributed by atoms with Crippen LogP contribution in [0.4, 0.5) is 0 Å². The van der Waals surface area contributed by atoms with Crippen LogP contribution in [0.25, 0.3) is 0 Å². The normalized spacial score (nSPS) is 12.6. The van der Waals surface area contributed by atoms with Gasteiger partial charge in [-0.1, -0.05) is 18.5 Å². The number of carbonyl (C=O) groups excluding carboxylic acids is 1. The smallest absolute Gasteiger partial charge is 0.271 e. The summed E-state index contributed by atoms with van der Waals surface area (Å²) in [5.74, 6) is -0.169. The molecule has 1 aromatic heterocycles. The van der Waals surface area contributed by atoms with Gasteiger partial charge in [0.25, 0.3) is 5.91 Å². The molecule has 4 nitrogen and oxygen atoms in total. The molecule has 0 aliphatic carbocycles. The van der Waals surface area contributed by atoms with Crippen LogP contribution in [0.15, 0.2) is 0 Å². The number of aryl methyl sites for hydroxylation is 2. The number of amides is 1. The van der Waals surface area contributed by atoms with Crippen LogP contribution in [0, 0.1) is 6.92 Å². The third-order valence-electron chi connectivity index (χ3n) is 2.35. The minimum atomic E-state index is -0.169. The first-order valence-electron chi connectivity index (χ1n) is 4.97. The van der Waals surface area contributed by atoms with E-state index in [2.05, 4.69) is 10.4 Å². The van der Waals surface area contributed by atoms with Gasteiger partial charge in [-0.25, -0.2) is 0 Å². The maximum Gasteiger partial charge on any atom is 0.271 e. The quantitative estimate of drug-likeness (QED) is 0.861. The Balaban J connectivity index is 2.91. The van der Waals surface area contributed by atoms with Crippen LogP contribution < -0.4 is 5.32 Å². The second-order valence-electron chi connectivity index (χ2n) is 3.65. The maximum absolute atomic E-state index is 11.8. The van der Waals surface area contributed by atoms with E-state index in [9.17, 15) is 4.79 Å². The first kappa shape index (κ1) is 12.0. The van der Waals surface area contributed by atoms with Crippen LogP contribution in [0.5, 0.6) is 0 Å². The summed E-state index contributed by atoms with van der Waals surface area (Å²) in [6.07, 6.45) is 0.889. The SMILES string of the molecule is CCC(C)NC(=O)c1c(Cl)c(C)nn1C. The van der Waals surface area contributed by atoms with E-state index in [-0.39, 0.29) is 11.9 Å². The highest BCUT2D eigenvalue weighted by Gasteiger charge is 2.19. The predicted octanol–water partition coefficient (Wildman–Crippen LogP) is 1.91. The summed E-state index contributed by atoms with van der Waals surface area (Å²) in [6, 6.07) is 0.142. The second-order valence-corrected chi connectivity index (χ2v) is 4.03. The Morgan fingerprint density at radius 2 is 2.27 bits per heavy atom. The van der Waals surface area contributed by atoms with Gasteiger partial charge in [-0.3, -0.25) is 9.48 Å². The fourth-order valence-electron chi connectivity index (χ4n) is 1.27. The molecule has 1 N–H and O–H groups in total. The highest BCUT2D eigenvalue weighted by molar-refractivity contribution is 6.34. The Morgan fingerprint density at radius 1 is 1.67 bits per heavy atom. The monoisotopic (exact) mass is 229 g/mol. The van der Waals surface area contributed by atoms with E-state index >= 15 is 0 Å². The molecule has 0 fully saturated rings. The highest BCUT2D eigenvalue weighted by Crippen LogP contribution is 2.19. The lowest BCUT2D eigenvalue weighted by atomic mass is 10.2. The summed E-state index contributed by atoms with van der Waals surface area (Å²) in [4.78, 5) is 11.8. The molecular formula is C10H16ClN3O. The number of nitrogens with one attached hydrogen (secondary N) is 1. The largest absolute Gasteiger partial charge is 0.348 e. The van der Waals surface area contributed by atoms with Crippen LogP contribution in [0.1, 0.15) is 36.5 Å². The lowest BCUT2D eigenvalue weighted by Crippen LogP contribution is -2.33. The Kier molecular flexibility index (Phi) is 3.74. The number of aromatic nitrogens is 2. The zero-order valence-corrected chi connectivity index (χ0v) is 10.2. The van der Waals surface area contributed by atoms with Crippen molar-refractivity contribution in [3.8, 4) is 0 Å². The summed E-state index contributed by atoms with van der Waals surface area (Å²) in [7, 11) is 1.71. The van der Waals surface area contributed by atoms with Crippen molar-refractivity contribution in [2.75, 3.05) is 0 Å². The van der Waals surface area contributed by atoms with Crippen molar-refractivity contribution in [1.82, 2.24) is 15.1 Å². The van der Waals surface area contributed by atoms with Gasteiger partial charge in [-0.2, -0.15) is 5.10 Å². The number of hydrogen-bond donors (Lipinski definition) is 1. The van der Waals surface area contributed by atoms with Crippen LogP contribution >= 0.6 is 11.6 Å². The Hall–Kier alpha value is -1.03. The van der Waals surface area contributed by atoms with E-state index in [0.29, 0.717) is 16.4 Å². The van der Waals surface area contributed by atoms with E-state index in [1.165, 1.54) is 4.68 Å². The molecule has 0 aromatic carbocycles. The van der Waals surface area contributed by atoms with Crippen molar-refractivity contribution in [2.45, 2.75) is 33.2 Å². The maximum atomic E-state index is 11.8. The molecule has 0 aliphatic rings. The number of halogens is 1. The third kappa shape index (κ3) is 2.50. The van der Waals surface area contributed by atoms with E-state index in [0.717, 1.165) is 6.42 Å². The Bertz CT molecular complexity index is 373. The van der Waals surface area contributed by atoms with Crippen molar-refractivity contribution in [3.63, 3.8) is 0 Å². The summed E-state index contributed by atoms with van der Waals surface area (Å²) in [5, 5.41) is 7.37. The van der Waals surface area contributed by atoms with Gasteiger partial charge in [-0.05, 0) is 20.3 Å². The molecule has 1 heterocycles. The molecule has 15 heavy (non-hydrogen) atoms. The predicted molar refractivity (Wildman–Crippen MR) is 60.2 cm³/mol. The van der Waals surface area contributed by atoms with Crippen LogP contribution in [0.3, 0.4) is 0 Å². The first-order chi connectivity index (χ1) is 6.97. The van der Waals surface area contributed by atoms with E-state index in [4.69, 9.17) is 11.6 Å². The van der Waals surface area contributed by atoms with E-state index < -0.39 is 0 Å². The van der Waals surface area contributed by atoms with Gasteiger partial charge >= 0.3 is 0 Å². The zero-order chi connectivity index (χ0) is 11.6. The standard InChI is InChI=1S/C10H16ClN3O/c1-5-6(2)12-10(15)9-8(11)7(3)13-14(9)4/h6H,5H2,1-4H3,(H,12,15). The van der Waals surface area contributed by atoms with E-state index in [1.54, 1.807) is 14.0 Å². The summed E-state index contributed by atoms with van der Waals surface area (Å²) in [5.41, 5.74) is 1.10. The van der Waals surface area contributed by atoms with Gasteiger partial charge in [0.05, 0.1) is 10.7 Å². The molecule has 0 radical (unpaired) electrons. The van der Waals surface area contributed by atoms with Crippen molar-refractivity contribution in [1.29, 1.82) is 0 Å². The number of hydrogen-bond acceptors (Lipinski definition) is 2. The van der Waals surface area contributed by atoms with Crippen LogP contribution in [-0.2, 0) is 7.05 Å². The second kappa shape index (κ2) is 4.66. The molecule has 0 aliphatic heterocycles. The minimum Gasteiger partial charge on any atom is -0.348 e. The summed E-state index contributed by atoms with van der Waals surface area (Å²) in [6.45, 7) is 5.75. The van der Waals surface area contributed by atoms with Gasteiger partial charge in [0.1, 0.15) is 5.69 Å².